The van der Waals surface area contributed by atoms with Gasteiger partial charge in [-0.3, -0.25) is 14.4 Å². The van der Waals surface area contributed by atoms with Crippen LogP contribution in [0.15, 0.2) is 71.4 Å². The summed E-state index contributed by atoms with van der Waals surface area (Å²) in [5.74, 6) is -1.54. The molecule has 0 unspecified atom stereocenters. The van der Waals surface area contributed by atoms with Gasteiger partial charge in [0.1, 0.15) is 16.5 Å². The van der Waals surface area contributed by atoms with Gasteiger partial charge in [0.2, 0.25) is 0 Å². The van der Waals surface area contributed by atoms with Crippen LogP contribution in [-0.4, -0.2) is 24.8 Å². The zero-order chi connectivity index (χ0) is 26.0. The predicted octanol–water partition coefficient (Wildman–Crippen LogP) is 6.02. The fraction of sp³-hybridized carbons (Fsp3) is 0.0800. The minimum absolute atomic E-state index is 0.144. The number of hydrogen-bond donors (Lipinski definition) is 2. The highest BCUT2D eigenvalue weighted by Crippen LogP contribution is 2.37. The molecule has 0 radical (unpaired) electrons. The minimum atomic E-state index is -0.738. The largest absolute Gasteiger partial charge is 0.495 e. The Labute approximate surface area is 226 Å². The monoisotopic (exact) mass is 563 g/mol. The van der Waals surface area contributed by atoms with E-state index in [0.29, 0.717) is 31.9 Å². The predicted molar refractivity (Wildman–Crippen MR) is 141 cm³/mol. The van der Waals surface area contributed by atoms with Crippen molar-refractivity contribution in [1.82, 2.24) is 5.32 Å². The first-order valence-electron chi connectivity index (χ1n) is 10.4. The van der Waals surface area contributed by atoms with Gasteiger partial charge in [0.05, 0.1) is 12.8 Å². The lowest BCUT2D eigenvalue weighted by molar-refractivity contribution is -0.120. The lowest BCUT2D eigenvalue weighted by Crippen LogP contribution is -2.32. The third-order valence-electron chi connectivity index (χ3n) is 5.26. The summed E-state index contributed by atoms with van der Waals surface area (Å²) in [6.07, 6.45) is 0. The van der Waals surface area contributed by atoms with Crippen LogP contribution in [0.25, 0.3) is 0 Å². The first-order valence-corrected chi connectivity index (χ1v) is 11.9. The van der Waals surface area contributed by atoms with Crippen LogP contribution in [0, 0.1) is 0 Å². The highest BCUT2D eigenvalue weighted by molar-refractivity contribution is 6.53. The summed E-state index contributed by atoms with van der Waals surface area (Å²) < 4.78 is 5.26. The summed E-state index contributed by atoms with van der Waals surface area (Å²) in [5.41, 5.74) is 1.40. The van der Waals surface area contributed by atoms with Crippen molar-refractivity contribution in [3.63, 3.8) is 0 Å². The molecule has 7 nitrogen and oxygen atoms in total. The number of carbonyl (C=O) groups excluding carboxylic acids is 3. The first kappa shape index (κ1) is 25.9. The van der Waals surface area contributed by atoms with E-state index in [-0.39, 0.29) is 34.6 Å². The molecule has 3 amide bonds. The van der Waals surface area contributed by atoms with Crippen LogP contribution in [-0.2, 0) is 16.1 Å². The number of halogens is 4. The number of nitrogens with one attached hydrogen (secondary N) is 2. The van der Waals surface area contributed by atoms with E-state index in [1.165, 1.54) is 25.3 Å². The molecule has 1 heterocycles. The van der Waals surface area contributed by atoms with Crippen molar-refractivity contribution >= 4 is 75.5 Å². The molecule has 36 heavy (non-hydrogen) atoms. The molecule has 1 aliphatic heterocycles. The number of rotatable bonds is 7. The Morgan fingerprint density at radius 3 is 2.36 bits per heavy atom. The summed E-state index contributed by atoms with van der Waals surface area (Å²) in [7, 11) is 1.41. The fourth-order valence-corrected chi connectivity index (χ4v) is 4.35. The number of anilines is 2. The van der Waals surface area contributed by atoms with E-state index in [9.17, 15) is 14.4 Å². The molecule has 3 aromatic rings. The molecule has 0 aliphatic carbocycles. The molecule has 0 saturated carbocycles. The van der Waals surface area contributed by atoms with Crippen molar-refractivity contribution < 1.29 is 19.1 Å². The number of benzene rings is 3. The molecule has 0 saturated heterocycles. The Kier molecular flexibility index (Phi) is 7.76. The molecule has 2 N–H and O–H groups in total. The Morgan fingerprint density at radius 1 is 0.917 bits per heavy atom. The van der Waals surface area contributed by atoms with Gasteiger partial charge in [-0.25, -0.2) is 4.90 Å². The molecule has 0 spiro atoms. The third-order valence-corrected chi connectivity index (χ3v) is 6.43. The molecule has 4 rings (SSSR count). The lowest BCUT2D eigenvalue weighted by Gasteiger charge is -2.18. The molecule has 184 valence electrons. The molecular weight excluding hydrogens is 548 g/mol. The molecule has 0 aromatic heterocycles. The number of ether oxygens (including phenoxy) is 1. The van der Waals surface area contributed by atoms with Crippen molar-refractivity contribution in [2.24, 2.45) is 0 Å². The maximum atomic E-state index is 13.1. The molecular formula is C25H17Cl4N3O4. The summed E-state index contributed by atoms with van der Waals surface area (Å²) in [5, 5.41) is 6.56. The molecule has 3 aromatic carbocycles. The van der Waals surface area contributed by atoms with Crippen molar-refractivity contribution in [1.29, 1.82) is 0 Å². The maximum Gasteiger partial charge on any atom is 0.283 e. The van der Waals surface area contributed by atoms with Crippen LogP contribution in [0.1, 0.15) is 15.9 Å². The van der Waals surface area contributed by atoms with Crippen LogP contribution in [0.5, 0.6) is 5.75 Å². The number of nitrogens with zero attached hydrogens (tertiary/aromatic N) is 1. The average Bonchev–Trinajstić information content (AvgIpc) is 3.06. The van der Waals surface area contributed by atoms with Gasteiger partial charge in [0.15, 0.2) is 0 Å². The van der Waals surface area contributed by atoms with E-state index in [1.807, 2.05) is 0 Å². The summed E-state index contributed by atoms with van der Waals surface area (Å²) >= 11 is 24.4. The second kappa shape index (κ2) is 10.8. The van der Waals surface area contributed by atoms with E-state index in [0.717, 1.165) is 4.90 Å². The smallest absolute Gasteiger partial charge is 0.283 e. The normalized spacial score (nSPS) is 13.3. The highest BCUT2D eigenvalue weighted by atomic mass is 35.5. The van der Waals surface area contributed by atoms with Gasteiger partial charge in [0, 0.05) is 32.9 Å². The Morgan fingerprint density at radius 2 is 1.64 bits per heavy atom. The van der Waals surface area contributed by atoms with E-state index < -0.39 is 11.8 Å². The molecule has 1 aliphatic rings. The van der Waals surface area contributed by atoms with Crippen molar-refractivity contribution in [2.45, 2.75) is 6.54 Å². The number of carbonyl (C=O) groups is 3. The van der Waals surface area contributed by atoms with Crippen molar-refractivity contribution in [2.75, 3.05) is 17.3 Å². The third kappa shape index (κ3) is 5.29. The first-order chi connectivity index (χ1) is 17.2. The lowest BCUT2D eigenvalue weighted by atomic mass is 10.1. The van der Waals surface area contributed by atoms with Gasteiger partial charge in [-0.1, -0.05) is 58.5 Å². The summed E-state index contributed by atoms with van der Waals surface area (Å²) in [6.45, 7) is 0.187. The fourth-order valence-electron chi connectivity index (χ4n) is 3.49. The number of methoxy groups -OCH3 is 1. The van der Waals surface area contributed by atoms with Crippen LogP contribution in [0.4, 0.5) is 11.4 Å². The van der Waals surface area contributed by atoms with Gasteiger partial charge < -0.3 is 15.4 Å². The average molecular weight is 565 g/mol. The highest BCUT2D eigenvalue weighted by Gasteiger charge is 2.40. The van der Waals surface area contributed by atoms with Crippen LogP contribution >= 0.6 is 46.4 Å². The van der Waals surface area contributed by atoms with E-state index >= 15 is 0 Å². The summed E-state index contributed by atoms with van der Waals surface area (Å²) in [6, 6.07) is 15.9. The molecule has 0 fully saturated rings. The number of amides is 3. The second-order valence-electron chi connectivity index (χ2n) is 7.58. The Hall–Kier alpha value is -3.23. The SMILES string of the molecule is COc1ccc(Cl)cc1N1C(=O)C(Cl)=C(Nc2cccc(C(=O)NCc3ccc(Cl)cc3Cl)c2)C1=O. The van der Waals surface area contributed by atoms with Gasteiger partial charge in [0.25, 0.3) is 17.7 Å². The van der Waals surface area contributed by atoms with E-state index in [4.69, 9.17) is 51.1 Å². The van der Waals surface area contributed by atoms with Gasteiger partial charge >= 0.3 is 0 Å². The topological polar surface area (TPSA) is 87.7 Å². The van der Waals surface area contributed by atoms with Gasteiger partial charge in [-0.15, -0.1) is 0 Å². The van der Waals surface area contributed by atoms with Gasteiger partial charge in [-0.2, -0.15) is 0 Å². The molecule has 11 heteroatoms. The summed E-state index contributed by atoms with van der Waals surface area (Å²) in [4.78, 5) is 39.6. The maximum absolute atomic E-state index is 13.1. The van der Waals surface area contributed by atoms with E-state index in [2.05, 4.69) is 10.6 Å². The zero-order valence-corrected chi connectivity index (χ0v) is 21.6. The standard InChI is InChI=1S/C25H17Cl4N3O4/c1-36-20-8-7-16(27)11-19(20)32-24(34)21(29)22(25(32)35)31-17-4-2-3-13(9-17)23(33)30-12-14-5-6-15(26)10-18(14)28/h2-11,31H,12H2,1H3,(H,30,33). The van der Waals surface area contributed by atoms with Crippen LogP contribution in [0.3, 0.4) is 0 Å². The van der Waals surface area contributed by atoms with Crippen molar-refractivity contribution in [3.8, 4) is 5.75 Å². The number of imide groups is 1. The minimum Gasteiger partial charge on any atom is -0.495 e. The van der Waals surface area contributed by atoms with Crippen LogP contribution in [0.2, 0.25) is 15.1 Å². The zero-order valence-electron chi connectivity index (χ0n) is 18.6. The Balaban J connectivity index is 1.51. The number of hydrogen-bond acceptors (Lipinski definition) is 5. The van der Waals surface area contributed by atoms with E-state index in [1.54, 1.807) is 42.5 Å². The second-order valence-corrected chi connectivity index (χ2v) is 9.23. The quantitative estimate of drug-likeness (QED) is 0.342. The van der Waals surface area contributed by atoms with Crippen LogP contribution < -0.4 is 20.3 Å². The molecule has 0 bridgehead atoms. The van der Waals surface area contributed by atoms with Gasteiger partial charge in [-0.05, 0) is 54.1 Å². The van der Waals surface area contributed by atoms with Crippen molar-refractivity contribution in [3.05, 3.63) is 97.6 Å². The molecule has 0 atom stereocenters. The Bertz CT molecular complexity index is 1420.